The van der Waals surface area contributed by atoms with Gasteiger partial charge in [0.1, 0.15) is 11.6 Å². The number of hydrogen-bond donors (Lipinski definition) is 1. The van der Waals surface area contributed by atoms with Crippen LogP contribution in [0.25, 0.3) is 0 Å². The quantitative estimate of drug-likeness (QED) is 0.883. The molecule has 0 aliphatic carbocycles. The zero-order chi connectivity index (χ0) is 13.7. The van der Waals surface area contributed by atoms with Crippen molar-refractivity contribution in [1.29, 1.82) is 0 Å². The summed E-state index contributed by atoms with van der Waals surface area (Å²) >= 11 is 0. The highest BCUT2D eigenvalue weighted by Crippen LogP contribution is 2.20. The first-order valence-corrected chi connectivity index (χ1v) is 7.08. The van der Waals surface area contributed by atoms with Gasteiger partial charge in [0.05, 0.1) is 0 Å². The molecule has 1 aromatic carbocycles. The summed E-state index contributed by atoms with van der Waals surface area (Å²) in [4.78, 5) is 2.33. The van der Waals surface area contributed by atoms with Crippen molar-refractivity contribution in [2.24, 2.45) is 0 Å². The first-order valence-electron chi connectivity index (χ1n) is 7.08. The number of likely N-dealkylation sites (N-methyl/N-ethyl adjacent to an activating group) is 1. The number of hydrogen-bond acceptors (Lipinski definition) is 2. The largest absolute Gasteiger partial charge is 0.315 e. The van der Waals surface area contributed by atoms with E-state index in [4.69, 9.17) is 0 Å². The Morgan fingerprint density at radius 1 is 1.21 bits per heavy atom. The Morgan fingerprint density at radius 3 is 2.63 bits per heavy atom. The predicted octanol–water partition coefficient (Wildman–Crippen LogP) is 2.93. The topological polar surface area (TPSA) is 15.3 Å². The predicted molar refractivity (Wildman–Crippen MR) is 73.0 cm³/mol. The van der Waals surface area contributed by atoms with Crippen LogP contribution in [0.1, 0.15) is 31.7 Å². The molecule has 1 fully saturated rings. The molecule has 0 bridgehead atoms. The van der Waals surface area contributed by atoms with Crippen molar-refractivity contribution < 1.29 is 8.78 Å². The summed E-state index contributed by atoms with van der Waals surface area (Å²) in [5.74, 6) is -0.981. The minimum atomic E-state index is -0.491. The summed E-state index contributed by atoms with van der Waals surface area (Å²) in [7, 11) is 0. The lowest BCUT2D eigenvalue weighted by Crippen LogP contribution is -2.44. The van der Waals surface area contributed by atoms with Crippen LogP contribution in [0.3, 0.4) is 0 Å². The molecule has 1 aliphatic rings. The Bertz CT molecular complexity index is 389. The van der Waals surface area contributed by atoms with Gasteiger partial charge in [-0.15, -0.1) is 0 Å². The first-order chi connectivity index (χ1) is 9.19. The summed E-state index contributed by atoms with van der Waals surface area (Å²) in [6, 6.07) is 4.26. The van der Waals surface area contributed by atoms with Gasteiger partial charge < -0.3 is 5.32 Å². The van der Waals surface area contributed by atoms with Crippen LogP contribution < -0.4 is 5.32 Å². The average Bonchev–Trinajstić information content (AvgIpc) is 2.36. The number of nitrogens with one attached hydrogen (secondary N) is 1. The lowest BCUT2D eigenvalue weighted by atomic mass is 10.0. The third-order valence-corrected chi connectivity index (χ3v) is 3.69. The summed E-state index contributed by atoms with van der Waals surface area (Å²) in [5, 5.41) is 3.37. The van der Waals surface area contributed by atoms with Gasteiger partial charge in [0.25, 0.3) is 0 Å². The first kappa shape index (κ1) is 14.4. The fourth-order valence-electron chi connectivity index (χ4n) is 2.75. The molecule has 2 nitrogen and oxygen atoms in total. The Morgan fingerprint density at radius 2 is 1.95 bits per heavy atom. The van der Waals surface area contributed by atoms with Crippen LogP contribution in [0.4, 0.5) is 8.78 Å². The van der Waals surface area contributed by atoms with E-state index in [9.17, 15) is 8.78 Å². The maximum atomic E-state index is 13.2. The van der Waals surface area contributed by atoms with Crippen LogP contribution in [-0.4, -0.2) is 30.6 Å². The molecule has 1 unspecified atom stereocenters. The second-order valence-electron chi connectivity index (χ2n) is 5.21. The fraction of sp³-hybridized carbons (Fsp3) is 0.600. The van der Waals surface area contributed by atoms with Crippen LogP contribution >= 0.6 is 0 Å². The fourth-order valence-corrected chi connectivity index (χ4v) is 2.75. The summed E-state index contributed by atoms with van der Waals surface area (Å²) in [6.45, 7) is 5.64. The van der Waals surface area contributed by atoms with E-state index in [2.05, 4.69) is 17.1 Å². The van der Waals surface area contributed by atoms with Crippen molar-refractivity contribution >= 4 is 0 Å². The number of halogens is 2. The molecule has 0 aromatic heterocycles. The van der Waals surface area contributed by atoms with Gasteiger partial charge in [0.2, 0.25) is 0 Å². The molecular weight excluding hydrogens is 246 g/mol. The number of nitrogens with zero attached hydrogens (tertiary/aromatic N) is 1. The molecule has 0 radical (unpaired) electrons. The van der Waals surface area contributed by atoms with Crippen molar-refractivity contribution in [2.45, 2.75) is 38.8 Å². The SMILES string of the molecule is CCNCC1CCCCN1Cc1cc(F)cc(F)c1. The highest BCUT2D eigenvalue weighted by molar-refractivity contribution is 5.18. The van der Waals surface area contributed by atoms with Crippen molar-refractivity contribution in [3.63, 3.8) is 0 Å². The second-order valence-corrected chi connectivity index (χ2v) is 5.21. The molecule has 0 spiro atoms. The van der Waals surface area contributed by atoms with Gasteiger partial charge in [0, 0.05) is 25.2 Å². The summed E-state index contributed by atoms with van der Waals surface area (Å²) < 4.78 is 26.4. The third-order valence-electron chi connectivity index (χ3n) is 3.69. The van der Waals surface area contributed by atoms with E-state index in [1.807, 2.05) is 0 Å². The number of rotatable bonds is 5. The van der Waals surface area contributed by atoms with E-state index in [1.165, 1.54) is 25.0 Å². The van der Waals surface area contributed by atoms with E-state index in [0.717, 1.165) is 37.7 Å². The zero-order valence-corrected chi connectivity index (χ0v) is 11.5. The van der Waals surface area contributed by atoms with Crippen molar-refractivity contribution in [3.8, 4) is 0 Å². The average molecular weight is 268 g/mol. The standard InChI is InChI=1S/C15H22F2N2/c1-2-18-10-15-5-3-4-6-19(15)11-12-7-13(16)9-14(17)8-12/h7-9,15,18H,2-6,10-11H2,1H3. The maximum Gasteiger partial charge on any atom is 0.126 e. The van der Waals surface area contributed by atoms with E-state index >= 15 is 0 Å². The number of likely N-dealkylation sites (tertiary alicyclic amines) is 1. The molecule has 1 saturated heterocycles. The van der Waals surface area contributed by atoms with Crippen LogP contribution in [0.2, 0.25) is 0 Å². The second kappa shape index (κ2) is 6.96. The molecule has 0 saturated carbocycles. The number of benzene rings is 1. The summed E-state index contributed by atoms with van der Waals surface area (Å²) in [6.07, 6.45) is 3.56. The van der Waals surface area contributed by atoms with Gasteiger partial charge in [-0.05, 0) is 43.6 Å². The van der Waals surface area contributed by atoms with Gasteiger partial charge in [-0.25, -0.2) is 8.78 Å². The highest BCUT2D eigenvalue weighted by Gasteiger charge is 2.22. The van der Waals surface area contributed by atoms with Gasteiger partial charge in [-0.2, -0.15) is 0 Å². The molecule has 106 valence electrons. The van der Waals surface area contributed by atoms with Crippen molar-refractivity contribution in [1.82, 2.24) is 10.2 Å². The van der Waals surface area contributed by atoms with Crippen molar-refractivity contribution in [3.05, 3.63) is 35.4 Å². The van der Waals surface area contributed by atoms with Crippen LogP contribution in [-0.2, 0) is 6.54 Å². The number of piperidine rings is 1. The van der Waals surface area contributed by atoms with Gasteiger partial charge in [-0.3, -0.25) is 4.90 Å². The minimum absolute atomic E-state index is 0.472. The zero-order valence-electron chi connectivity index (χ0n) is 11.5. The van der Waals surface area contributed by atoms with E-state index in [0.29, 0.717) is 12.6 Å². The van der Waals surface area contributed by atoms with E-state index in [1.54, 1.807) is 0 Å². The molecule has 0 amide bonds. The normalized spacial score (nSPS) is 20.7. The Kier molecular flexibility index (Phi) is 5.28. The van der Waals surface area contributed by atoms with Gasteiger partial charge in [-0.1, -0.05) is 13.3 Å². The van der Waals surface area contributed by atoms with Crippen LogP contribution in [0.5, 0.6) is 0 Å². The molecule has 1 atom stereocenters. The maximum absolute atomic E-state index is 13.2. The van der Waals surface area contributed by atoms with Gasteiger partial charge in [0.15, 0.2) is 0 Å². The molecule has 2 rings (SSSR count). The van der Waals surface area contributed by atoms with Crippen LogP contribution in [0.15, 0.2) is 18.2 Å². The molecule has 1 aromatic rings. The Hall–Kier alpha value is -1.00. The van der Waals surface area contributed by atoms with E-state index < -0.39 is 11.6 Å². The molecule has 19 heavy (non-hydrogen) atoms. The molecule has 4 heteroatoms. The Labute approximate surface area is 113 Å². The highest BCUT2D eigenvalue weighted by atomic mass is 19.1. The lowest BCUT2D eigenvalue weighted by Gasteiger charge is -2.36. The summed E-state index contributed by atoms with van der Waals surface area (Å²) in [5.41, 5.74) is 0.723. The van der Waals surface area contributed by atoms with Crippen molar-refractivity contribution in [2.75, 3.05) is 19.6 Å². The lowest BCUT2D eigenvalue weighted by molar-refractivity contribution is 0.138. The monoisotopic (exact) mass is 268 g/mol. The Balaban J connectivity index is 2.01. The third kappa shape index (κ3) is 4.25. The van der Waals surface area contributed by atoms with Crippen LogP contribution in [0, 0.1) is 11.6 Å². The molecule has 1 N–H and O–H groups in total. The van der Waals surface area contributed by atoms with E-state index in [-0.39, 0.29) is 0 Å². The minimum Gasteiger partial charge on any atom is -0.315 e. The molecular formula is C15H22F2N2. The molecule has 1 aliphatic heterocycles. The molecule has 1 heterocycles. The van der Waals surface area contributed by atoms with Gasteiger partial charge >= 0.3 is 0 Å². The smallest absolute Gasteiger partial charge is 0.126 e.